The summed E-state index contributed by atoms with van der Waals surface area (Å²) in [6.07, 6.45) is 1.79. The second-order valence-corrected chi connectivity index (χ2v) is 6.38. The number of anilines is 1. The number of rotatable bonds is 2. The molecule has 88 valence electrons. The molecule has 0 bridgehead atoms. The molecule has 1 aromatic rings. The fourth-order valence-electron chi connectivity index (χ4n) is 1.84. The lowest BCUT2D eigenvalue weighted by molar-refractivity contribution is 0.634. The molecule has 4 nitrogen and oxygen atoms in total. The molecule has 1 aliphatic heterocycles. The molecule has 0 saturated carbocycles. The van der Waals surface area contributed by atoms with Gasteiger partial charge in [-0.05, 0) is 19.9 Å². The van der Waals surface area contributed by atoms with E-state index in [2.05, 4.69) is 28.7 Å². The van der Waals surface area contributed by atoms with Crippen LogP contribution in [0.25, 0.3) is 0 Å². The van der Waals surface area contributed by atoms with Gasteiger partial charge in [0.1, 0.15) is 0 Å². The molecule has 1 saturated heterocycles. The maximum Gasteiger partial charge on any atom is 0.225 e. The van der Waals surface area contributed by atoms with Crippen LogP contribution in [0.4, 0.5) is 5.95 Å². The van der Waals surface area contributed by atoms with Crippen molar-refractivity contribution in [2.45, 2.75) is 25.1 Å². The zero-order valence-corrected chi connectivity index (χ0v) is 10.6. The summed E-state index contributed by atoms with van der Waals surface area (Å²) < 4.78 is 0.278. The van der Waals surface area contributed by atoms with Gasteiger partial charge in [0, 0.05) is 36.3 Å². The van der Waals surface area contributed by atoms with Crippen LogP contribution in [-0.2, 0) is 6.54 Å². The second kappa shape index (κ2) is 4.59. The number of hydrogen-bond donors (Lipinski definition) is 1. The largest absolute Gasteiger partial charge is 0.339 e. The monoisotopic (exact) mass is 238 g/mol. The van der Waals surface area contributed by atoms with Crippen LogP contribution in [0.1, 0.15) is 19.5 Å². The Morgan fingerprint density at radius 2 is 2.38 bits per heavy atom. The summed E-state index contributed by atoms with van der Waals surface area (Å²) in [7, 11) is 0. The Hall–Kier alpha value is -0.810. The van der Waals surface area contributed by atoms with E-state index in [1.54, 1.807) is 6.20 Å². The Bertz CT molecular complexity index is 367. The van der Waals surface area contributed by atoms with E-state index in [1.807, 2.05) is 17.8 Å². The number of nitrogens with zero attached hydrogens (tertiary/aromatic N) is 3. The lowest BCUT2D eigenvalue weighted by Crippen LogP contribution is -2.44. The lowest BCUT2D eigenvalue weighted by atomic mass is 10.2. The van der Waals surface area contributed by atoms with Gasteiger partial charge in [0.2, 0.25) is 5.95 Å². The summed E-state index contributed by atoms with van der Waals surface area (Å²) in [6, 6.07) is 1.87. The molecule has 5 heteroatoms. The van der Waals surface area contributed by atoms with Gasteiger partial charge in [-0.2, -0.15) is 11.8 Å². The molecule has 0 atom stereocenters. The topological polar surface area (TPSA) is 55.0 Å². The van der Waals surface area contributed by atoms with Gasteiger partial charge in [-0.1, -0.05) is 0 Å². The molecule has 0 unspecified atom stereocenters. The third-order valence-electron chi connectivity index (χ3n) is 2.62. The summed E-state index contributed by atoms with van der Waals surface area (Å²) in [5.41, 5.74) is 6.49. The molecule has 2 heterocycles. The van der Waals surface area contributed by atoms with E-state index in [4.69, 9.17) is 5.73 Å². The molecule has 0 amide bonds. The Kier molecular flexibility index (Phi) is 3.35. The van der Waals surface area contributed by atoms with Gasteiger partial charge in [0.25, 0.3) is 0 Å². The molecule has 0 aromatic carbocycles. The fourth-order valence-corrected chi connectivity index (χ4v) is 2.95. The number of thioether (sulfide) groups is 1. The summed E-state index contributed by atoms with van der Waals surface area (Å²) in [4.78, 5) is 11.0. The predicted molar refractivity (Wildman–Crippen MR) is 68.7 cm³/mol. The average molecular weight is 238 g/mol. The molecule has 0 aliphatic carbocycles. The zero-order chi connectivity index (χ0) is 11.6. The molecular formula is C11H18N4S. The van der Waals surface area contributed by atoms with Gasteiger partial charge >= 0.3 is 0 Å². The van der Waals surface area contributed by atoms with Crippen molar-refractivity contribution in [2.24, 2.45) is 5.73 Å². The highest BCUT2D eigenvalue weighted by Crippen LogP contribution is 2.30. The minimum absolute atomic E-state index is 0.278. The lowest BCUT2D eigenvalue weighted by Gasteiger charge is -2.37. The normalized spacial score (nSPS) is 19.8. The van der Waals surface area contributed by atoms with E-state index in [0.29, 0.717) is 6.54 Å². The summed E-state index contributed by atoms with van der Waals surface area (Å²) in [5, 5.41) is 0. The third-order valence-corrected chi connectivity index (χ3v) is 3.92. The Morgan fingerprint density at radius 3 is 3.06 bits per heavy atom. The van der Waals surface area contributed by atoms with Crippen LogP contribution in [0.3, 0.4) is 0 Å². The molecule has 2 N–H and O–H groups in total. The number of nitrogens with two attached hydrogens (primary N) is 1. The predicted octanol–water partition coefficient (Wildman–Crippen LogP) is 1.27. The van der Waals surface area contributed by atoms with E-state index in [0.717, 1.165) is 30.5 Å². The summed E-state index contributed by atoms with van der Waals surface area (Å²) in [6.45, 7) is 7.00. The smallest absolute Gasteiger partial charge is 0.225 e. The average Bonchev–Trinajstić information content (AvgIpc) is 2.28. The van der Waals surface area contributed by atoms with E-state index >= 15 is 0 Å². The first-order chi connectivity index (χ1) is 7.61. The zero-order valence-electron chi connectivity index (χ0n) is 9.81. The van der Waals surface area contributed by atoms with E-state index in [-0.39, 0.29) is 4.75 Å². The Labute approximate surface area is 101 Å². The van der Waals surface area contributed by atoms with Crippen LogP contribution >= 0.6 is 11.8 Å². The minimum atomic E-state index is 0.278. The first-order valence-corrected chi connectivity index (χ1v) is 6.50. The first kappa shape index (κ1) is 11.7. The summed E-state index contributed by atoms with van der Waals surface area (Å²) in [5.74, 6) is 1.94. The van der Waals surface area contributed by atoms with Gasteiger partial charge in [0.05, 0.1) is 5.69 Å². The maximum absolute atomic E-state index is 5.59. The van der Waals surface area contributed by atoms with E-state index < -0.39 is 0 Å². The van der Waals surface area contributed by atoms with Crippen molar-refractivity contribution >= 4 is 17.7 Å². The Balaban J connectivity index is 2.16. The molecule has 2 rings (SSSR count). The maximum atomic E-state index is 5.59. The molecule has 1 fully saturated rings. The van der Waals surface area contributed by atoms with Crippen LogP contribution in [0.2, 0.25) is 0 Å². The van der Waals surface area contributed by atoms with Crippen molar-refractivity contribution in [3.8, 4) is 0 Å². The van der Waals surface area contributed by atoms with Crippen molar-refractivity contribution in [1.82, 2.24) is 9.97 Å². The van der Waals surface area contributed by atoms with Gasteiger partial charge in [-0.25, -0.2) is 9.97 Å². The molecule has 0 radical (unpaired) electrons. The third kappa shape index (κ3) is 2.65. The van der Waals surface area contributed by atoms with E-state index in [9.17, 15) is 0 Å². The SMILES string of the molecule is CC1(C)CN(c2nccc(CN)n2)CCS1. The van der Waals surface area contributed by atoms with Crippen molar-refractivity contribution in [2.75, 3.05) is 23.7 Å². The standard InChI is InChI=1S/C11H18N4S/c1-11(2)8-15(5-6-16-11)10-13-4-3-9(7-12)14-10/h3-4H,5-8,12H2,1-2H3. The second-order valence-electron chi connectivity index (χ2n) is 4.58. The van der Waals surface area contributed by atoms with Crippen molar-refractivity contribution in [3.63, 3.8) is 0 Å². The van der Waals surface area contributed by atoms with Crippen LogP contribution < -0.4 is 10.6 Å². The number of aromatic nitrogens is 2. The van der Waals surface area contributed by atoms with Crippen molar-refractivity contribution in [3.05, 3.63) is 18.0 Å². The Morgan fingerprint density at radius 1 is 1.56 bits per heavy atom. The first-order valence-electron chi connectivity index (χ1n) is 5.52. The van der Waals surface area contributed by atoms with Crippen LogP contribution in [0.5, 0.6) is 0 Å². The quantitative estimate of drug-likeness (QED) is 0.841. The minimum Gasteiger partial charge on any atom is -0.339 e. The van der Waals surface area contributed by atoms with Crippen molar-refractivity contribution < 1.29 is 0 Å². The molecule has 0 spiro atoms. The van der Waals surface area contributed by atoms with Crippen LogP contribution in [-0.4, -0.2) is 33.6 Å². The number of hydrogen-bond acceptors (Lipinski definition) is 5. The van der Waals surface area contributed by atoms with E-state index in [1.165, 1.54) is 0 Å². The highest BCUT2D eigenvalue weighted by molar-refractivity contribution is 8.00. The van der Waals surface area contributed by atoms with Crippen LogP contribution in [0, 0.1) is 0 Å². The molecule has 16 heavy (non-hydrogen) atoms. The highest BCUT2D eigenvalue weighted by Gasteiger charge is 2.28. The molecule has 1 aliphatic rings. The van der Waals surface area contributed by atoms with Gasteiger partial charge in [-0.3, -0.25) is 0 Å². The fraction of sp³-hybridized carbons (Fsp3) is 0.636. The van der Waals surface area contributed by atoms with Crippen LogP contribution in [0.15, 0.2) is 12.3 Å². The summed E-state index contributed by atoms with van der Waals surface area (Å²) >= 11 is 2.01. The van der Waals surface area contributed by atoms with Gasteiger partial charge < -0.3 is 10.6 Å². The molecule has 1 aromatic heterocycles. The van der Waals surface area contributed by atoms with Gasteiger partial charge in [0.15, 0.2) is 0 Å². The highest BCUT2D eigenvalue weighted by atomic mass is 32.2. The molecular weight excluding hydrogens is 220 g/mol. The van der Waals surface area contributed by atoms with Gasteiger partial charge in [-0.15, -0.1) is 0 Å². The van der Waals surface area contributed by atoms with Crippen molar-refractivity contribution in [1.29, 1.82) is 0 Å².